The molecule has 0 radical (unpaired) electrons. The fourth-order valence-electron chi connectivity index (χ4n) is 1.92. The van der Waals surface area contributed by atoms with Gasteiger partial charge in [-0.15, -0.1) is 11.3 Å². The van der Waals surface area contributed by atoms with Gasteiger partial charge in [0, 0.05) is 5.38 Å². The third-order valence-electron chi connectivity index (χ3n) is 3.05. The van der Waals surface area contributed by atoms with Gasteiger partial charge in [-0.25, -0.2) is 9.37 Å². The molecule has 2 amide bonds. The number of carbonyl (C=O) groups is 2. The minimum absolute atomic E-state index is 0.00131. The van der Waals surface area contributed by atoms with Gasteiger partial charge in [-0.3, -0.25) is 14.9 Å². The maximum Gasteiger partial charge on any atom is 0.261 e. The lowest BCUT2D eigenvalue weighted by atomic mass is 10.2. The van der Waals surface area contributed by atoms with Crippen molar-refractivity contribution in [1.29, 1.82) is 0 Å². The van der Waals surface area contributed by atoms with Crippen molar-refractivity contribution in [3.8, 4) is 11.5 Å². The van der Waals surface area contributed by atoms with E-state index in [4.69, 9.17) is 21.8 Å². The molecule has 9 heteroatoms. The van der Waals surface area contributed by atoms with E-state index >= 15 is 0 Å². The number of nitrogens with two attached hydrogens (primary N) is 1. The van der Waals surface area contributed by atoms with Crippen molar-refractivity contribution in [3.05, 3.63) is 57.9 Å². The Morgan fingerprint density at radius 1 is 1.38 bits per heavy atom. The summed E-state index contributed by atoms with van der Waals surface area (Å²) in [7, 11) is 0. The summed E-state index contributed by atoms with van der Waals surface area (Å²) in [6.45, 7) is 0. The number of nitrogens with one attached hydrogen (secondary N) is 1. The molecule has 0 fully saturated rings. The lowest BCUT2D eigenvalue weighted by molar-refractivity contribution is 0.0996. The molecule has 0 unspecified atom stereocenters. The van der Waals surface area contributed by atoms with E-state index in [1.165, 1.54) is 24.5 Å². The van der Waals surface area contributed by atoms with E-state index in [-0.39, 0.29) is 21.3 Å². The standard InChI is InChI=1S/C15H9ClFN3O3S/c16-8-2-1-3-9(17)12(8)14(22)20-15-19-10(6-24-15)11-4-7(5-23-11)13(18)21/h1-6H,(H2,18,21)(H,19,20,22). The van der Waals surface area contributed by atoms with Gasteiger partial charge in [0.2, 0.25) is 0 Å². The smallest absolute Gasteiger partial charge is 0.261 e. The number of halogens is 2. The molecule has 2 aromatic heterocycles. The zero-order valence-corrected chi connectivity index (χ0v) is 13.5. The molecule has 0 aliphatic heterocycles. The molecular weight excluding hydrogens is 357 g/mol. The fourth-order valence-corrected chi connectivity index (χ4v) is 2.86. The number of hydrogen-bond donors (Lipinski definition) is 2. The molecule has 3 aromatic rings. The van der Waals surface area contributed by atoms with Crippen molar-refractivity contribution in [3.63, 3.8) is 0 Å². The highest BCUT2D eigenvalue weighted by molar-refractivity contribution is 7.14. The predicted molar refractivity (Wildman–Crippen MR) is 87.7 cm³/mol. The SMILES string of the molecule is NC(=O)c1coc(-c2csc(NC(=O)c3c(F)cccc3Cl)n2)c1. The summed E-state index contributed by atoms with van der Waals surface area (Å²) in [5.41, 5.74) is 5.50. The van der Waals surface area contributed by atoms with E-state index < -0.39 is 17.6 Å². The van der Waals surface area contributed by atoms with Crippen LogP contribution >= 0.6 is 22.9 Å². The van der Waals surface area contributed by atoms with E-state index in [1.54, 1.807) is 5.38 Å². The number of thiazole rings is 1. The minimum atomic E-state index is -0.728. The minimum Gasteiger partial charge on any atom is -0.462 e. The van der Waals surface area contributed by atoms with Crippen LogP contribution in [0.15, 0.2) is 40.3 Å². The molecule has 6 nitrogen and oxygen atoms in total. The van der Waals surface area contributed by atoms with Gasteiger partial charge >= 0.3 is 0 Å². The Morgan fingerprint density at radius 2 is 2.17 bits per heavy atom. The summed E-state index contributed by atoms with van der Waals surface area (Å²) in [6.07, 6.45) is 1.22. The van der Waals surface area contributed by atoms with Crippen molar-refractivity contribution in [1.82, 2.24) is 4.98 Å². The normalized spacial score (nSPS) is 10.6. The summed E-state index contributed by atoms with van der Waals surface area (Å²) in [4.78, 5) is 27.4. The number of carbonyl (C=O) groups excluding carboxylic acids is 2. The molecule has 0 spiro atoms. The second-order valence-electron chi connectivity index (χ2n) is 4.65. The van der Waals surface area contributed by atoms with E-state index in [0.29, 0.717) is 11.5 Å². The Kier molecular flexibility index (Phi) is 4.32. The summed E-state index contributed by atoms with van der Waals surface area (Å²) in [5, 5.41) is 4.31. The molecule has 0 saturated carbocycles. The highest BCUT2D eigenvalue weighted by atomic mass is 35.5. The lowest BCUT2D eigenvalue weighted by Crippen LogP contribution is -2.14. The first kappa shape index (κ1) is 16.2. The Bertz CT molecular complexity index is 917. The third-order valence-corrected chi connectivity index (χ3v) is 4.12. The van der Waals surface area contributed by atoms with Gasteiger partial charge < -0.3 is 10.2 Å². The van der Waals surface area contributed by atoms with Crippen molar-refractivity contribution in [2.24, 2.45) is 5.73 Å². The van der Waals surface area contributed by atoms with Crippen molar-refractivity contribution in [2.45, 2.75) is 0 Å². The lowest BCUT2D eigenvalue weighted by Gasteiger charge is -2.04. The summed E-state index contributed by atoms with van der Waals surface area (Å²) < 4.78 is 18.9. The van der Waals surface area contributed by atoms with Gasteiger partial charge in [0.25, 0.3) is 11.8 Å². The zero-order chi connectivity index (χ0) is 17.3. The largest absolute Gasteiger partial charge is 0.462 e. The van der Waals surface area contributed by atoms with Gasteiger partial charge in [0.1, 0.15) is 17.8 Å². The van der Waals surface area contributed by atoms with Crippen LogP contribution in [0.2, 0.25) is 5.02 Å². The van der Waals surface area contributed by atoms with Gasteiger partial charge in [0.15, 0.2) is 10.9 Å². The first-order chi connectivity index (χ1) is 11.5. The second-order valence-corrected chi connectivity index (χ2v) is 5.92. The van der Waals surface area contributed by atoms with Gasteiger partial charge in [-0.05, 0) is 18.2 Å². The summed E-state index contributed by atoms with van der Waals surface area (Å²) >= 11 is 6.96. The highest BCUT2D eigenvalue weighted by Gasteiger charge is 2.18. The molecule has 3 N–H and O–H groups in total. The Labute approximate surface area is 144 Å². The molecule has 0 saturated heterocycles. The number of nitrogens with zero attached hydrogens (tertiary/aromatic N) is 1. The predicted octanol–water partition coefficient (Wildman–Crippen LogP) is 3.55. The fraction of sp³-hybridized carbons (Fsp3) is 0. The van der Waals surface area contributed by atoms with Crippen LogP contribution in [0.25, 0.3) is 11.5 Å². The number of anilines is 1. The molecular formula is C15H9ClFN3O3S. The monoisotopic (exact) mass is 365 g/mol. The molecule has 2 heterocycles. The van der Waals surface area contributed by atoms with Gasteiger partial charge in [-0.2, -0.15) is 0 Å². The van der Waals surface area contributed by atoms with Crippen LogP contribution in [-0.2, 0) is 0 Å². The van der Waals surface area contributed by atoms with E-state index in [2.05, 4.69) is 10.3 Å². The molecule has 122 valence electrons. The third kappa shape index (κ3) is 3.15. The summed E-state index contributed by atoms with van der Waals surface area (Å²) in [5.74, 6) is -1.74. The van der Waals surface area contributed by atoms with Crippen LogP contribution in [-0.4, -0.2) is 16.8 Å². The highest BCUT2D eigenvalue weighted by Crippen LogP contribution is 2.27. The number of benzene rings is 1. The van der Waals surface area contributed by atoms with Crippen LogP contribution in [0.5, 0.6) is 0 Å². The zero-order valence-electron chi connectivity index (χ0n) is 11.9. The first-order valence-electron chi connectivity index (χ1n) is 6.55. The number of hydrogen-bond acceptors (Lipinski definition) is 5. The Balaban J connectivity index is 1.81. The number of primary amides is 1. The number of rotatable bonds is 4. The molecule has 3 rings (SSSR count). The van der Waals surface area contributed by atoms with Crippen molar-refractivity contribution >= 4 is 39.9 Å². The number of furan rings is 1. The molecule has 0 bridgehead atoms. The number of amides is 2. The van der Waals surface area contributed by atoms with E-state index in [1.807, 2.05) is 0 Å². The van der Waals surface area contributed by atoms with Gasteiger partial charge in [-0.1, -0.05) is 17.7 Å². The van der Waals surface area contributed by atoms with Crippen LogP contribution in [0.4, 0.5) is 9.52 Å². The van der Waals surface area contributed by atoms with Crippen LogP contribution in [0.3, 0.4) is 0 Å². The molecule has 0 aliphatic carbocycles. The second kappa shape index (κ2) is 6.42. The topological polar surface area (TPSA) is 98.2 Å². The maximum atomic E-state index is 13.7. The maximum absolute atomic E-state index is 13.7. The molecule has 24 heavy (non-hydrogen) atoms. The number of aromatic nitrogens is 1. The Morgan fingerprint density at radius 3 is 2.83 bits per heavy atom. The van der Waals surface area contributed by atoms with E-state index in [9.17, 15) is 14.0 Å². The molecule has 0 aliphatic rings. The quantitative estimate of drug-likeness (QED) is 0.738. The van der Waals surface area contributed by atoms with Crippen molar-refractivity contribution < 1.29 is 18.4 Å². The van der Waals surface area contributed by atoms with Crippen molar-refractivity contribution in [2.75, 3.05) is 5.32 Å². The van der Waals surface area contributed by atoms with Crippen LogP contribution in [0.1, 0.15) is 20.7 Å². The summed E-state index contributed by atoms with van der Waals surface area (Å²) in [6, 6.07) is 5.41. The average Bonchev–Trinajstić information content (AvgIpc) is 3.15. The first-order valence-corrected chi connectivity index (χ1v) is 7.81. The van der Waals surface area contributed by atoms with E-state index in [0.717, 1.165) is 17.4 Å². The van der Waals surface area contributed by atoms with Crippen LogP contribution < -0.4 is 11.1 Å². The van der Waals surface area contributed by atoms with Gasteiger partial charge in [0.05, 0.1) is 16.1 Å². The molecule has 0 atom stereocenters. The van der Waals surface area contributed by atoms with Crippen LogP contribution in [0, 0.1) is 5.82 Å². The Hall–Kier alpha value is -2.71. The average molecular weight is 366 g/mol. The molecule has 1 aromatic carbocycles.